The molecule has 2 fully saturated rings. The number of hydrogen-bond acceptors (Lipinski definition) is 2. The van der Waals surface area contributed by atoms with Crippen LogP contribution in [0.2, 0.25) is 0 Å². The summed E-state index contributed by atoms with van der Waals surface area (Å²) in [6.45, 7) is 3.29. The number of rotatable bonds is 2. The molecule has 1 spiro atoms. The second kappa shape index (κ2) is 3.00. The van der Waals surface area contributed by atoms with E-state index in [0.29, 0.717) is 5.41 Å². The minimum Gasteiger partial charge on any atom is -0.381 e. The lowest BCUT2D eigenvalue weighted by molar-refractivity contribution is 0.0504. The fraction of sp³-hybridized carbons (Fsp3) is 1.00. The zero-order chi connectivity index (χ0) is 8.60. The lowest BCUT2D eigenvalue weighted by Gasteiger charge is -2.23. The third-order valence-corrected chi connectivity index (χ3v) is 3.43. The van der Waals surface area contributed by atoms with Crippen LogP contribution >= 0.6 is 0 Å². The Balaban J connectivity index is 1.83. The Kier molecular flexibility index (Phi) is 2.13. The van der Waals surface area contributed by atoms with Crippen molar-refractivity contribution in [3.8, 4) is 0 Å². The number of hydrogen-bond donors (Lipinski definition) is 0. The maximum Gasteiger partial charge on any atom is 0.0471 e. The van der Waals surface area contributed by atoms with Gasteiger partial charge in [0.2, 0.25) is 0 Å². The maximum atomic E-state index is 5.38. The molecule has 2 nitrogen and oxygen atoms in total. The second-order valence-electron chi connectivity index (χ2n) is 4.64. The summed E-state index contributed by atoms with van der Waals surface area (Å²) in [5.41, 5.74) is 0.711. The summed E-state index contributed by atoms with van der Waals surface area (Å²) in [4.78, 5) is 2.31. The molecule has 0 radical (unpaired) electrons. The van der Waals surface area contributed by atoms with Gasteiger partial charge in [0.1, 0.15) is 0 Å². The standard InChI is InChI=1S/C10H19NO/c1-11(2)8-9-7-10(9)3-5-12-6-4-10/h9H,3-8H2,1-2H3. The summed E-state index contributed by atoms with van der Waals surface area (Å²) < 4.78 is 5.38. The molecule has 2 rings (SSSR count). The van der Waals surface area contributed by atoms with Gasteiger partial charge >= 0.3 is 0 Å². The molecule has 1 unspecified atom stereocenters. The summed E-state index contributed by atoms with van der Waals surface area (Å²) in [7, 11) is 4.34. The zero-order valence-corrected chi connectivity index (χ0v) is 8.18. The second-order valence-corrected chi connectivity index (χ2v) is 4.64. The summed E-state index contributed by atoms with van der Waals surface area (Å²) in [5, 5.41) is 0. The zero-order valence-electron chi connectivity index (χ0n) is 8.18. The first-order valence-corrected chi connectivity index (χ1v) is 4.95. The number of nitrogens with zero attached hydrogens (tertiary/aromatic N) is 1. The van der Waals surface area contributed by atoms with Crippen LogP contribution in [0.3, 0.4) is 0 Å². The van der Waals surface area contributed by atoms with Gasteiger partial charge in [0.25, 0.3) is 0 Å². The highest BCUT2D eigenvalue weighted by Crippen LogP contribution is 2.59. The highest BCUT2D eigenvalue weighted by atomic mass is 16.5. The van der Waals surface area contributed by atoms with Crippen molar-refractivity contribution in [3.63, 3.8) is 0 Å². The van der Waals surface area contributed by atoms with Crippen molar-refractivity contribution < 1.29 is 4.74 Å². The van der Waals surface area contributed by atoms with Gasteiger partial charge in [0, 0.05) is 19.8 Å². The highest BCUT2D eigenvalue weighted by Gasteiger charge is 2.53. The maximum absolute atomic E-state index is 5.38. The Morgan fingerprint density at radius 2 is 2.00 bits per heavy atom. The summed E-state index contributed by atoms with van der Waals surface area (Å²) in [6.07, 6.45) is 4.07. The first-order valence-electron chi connectivity index (χ1n) is 4.95. The normalized spacial score (nSPS) is 32.8. The van der Waals surface area contributed by atoms with Crippen LogP contribution in [-0.4, -0.2) is 38.8 Å². The smallest absolute Gasteiger partial charge is 0.0471 e. The molecule has 0 aromatic rings. The lowest BCUT2D eigenvalue weighted by atomic mass is 9.94. The third-order valence-electron chi connectivity index (χ3n) is 3.43. The average Bonchev–Trinajstić information content (AvgIpc) is 2.63. The quantitative estimate of drug-likeness (QED) is 0.619. The molecular weight excluding hydrogens is 150 g/mol. The first kappa shape index (κ1) is 8.52. The molecular formula is C10H19NO. The SMILES string of the molecule is CN(C)CC1CC12CCOCC2. The predicted octanol–water partition coefficient (Wildman–Crippen LogP) is 1.36. The van der Waals surface area contributed by atoms with Crippen LogP contribution in [0, 0.1) is 11.3 Å². The van der Waals surface area contributed by atoms with E-state index in [2.05, 4.69) is 19.0 Å². The predicted molar refractivity (Wildman–Crippen MR) is 49.1 cm³/mol. The first-order chi connectivity index (χ1) is 5.73. The Bertz CT molecular complexity index is 161. The Morgan fingerprint density at radius 3 is 2.58 bits per heavy atom. The molecule has 1 aliphatic carbocycles. The highest BCUT2D eigenvalue weighted by molar-refractivity contribution is 5.03. The van der Waals surface area contributed by atoms with E-state index >= 15 is 0 Å². The summed E-state index contributed by atoms with van der Waals surface area (Å²) in [5.74, 6) is 0.969. The molecule has 12 heavy (non-hydrogen) atoms. The largest absolute Gasteiger partial charge is 0.381 e. The van der Waals surface area contributed by atoms with Gasteiger partial charge in [-0.3, -0.25) is 0 Å². The molecule has 1 saturated carbocycles. The van der Waals surface area contributed by atoms with Crippen molar-refractivity contribution in [2.24, 2.45) is 11.3 Å². The van der Waals surface area contributed by atoms with Gasteiger partial charge in [-0.05, 0) is 44.7 Å². The van der Waals surface area contributed by atoms with Crippen LogP contribution in [0.15, 0.2) is 0 Å². The molecule has 1 saturated heterocycles. The van der Waals surface area contributed by atoms with Gasteiger partial charge < -0.3 is 9.64 Å². The van der Waals surface area contributed by atoms with Crippen molar-refractivity contribution in [2.75, 3.05) is 33.9 Å². The van der Waals surface area contributed by atoms with Crippen LogP contribution in [0.5, 0.6) is 0 Å². The van der Waals surface area contributed by atoms with E-state index in [-0.39, 0.29) is 0 Å². The molecule has 70 valence electrons. The van der Waals surface area contributed by atoms with Gasteiger partial charge in [-0.15, -0.1) is 0 Å². The van der Waals surface area contributed by atoms with Gasteiger partial charge in [0.05, 0.1) is 0 Å². The molecule has 1 aliphatic heterocycles. The minimum absolute atomic E-state index is 0.711. The van der Waals surface area contributed by atoms with Crippen LogP contribution in [0.1, 0.15) is 19.3 Å². The lowest BCUT2D eigenvalue weighted by Crippen LogP contribution is -2.23. The van der Waals surface area contributed by atoms with E-state index in [0.717, 1.165) is 19.1 Å². The average molecular weight is 169 g/mol. The van der Waals surface area contributed by atoms with Crippen molar-refractivity contribution in [2.45, 2.75) is 19.3 Å². The topological polar surface area (TPSA) is 12.5 Å². The van der Waals surface area contributed by atoms with E-state index in [1.165, 1.54) is 25.8 Å². The molecule has 1 heterocycles. The van der Waals surface area contributed by atoms with E-state index in [9.17, 15) is 0 Å². The van der Waals surface area contributed by atoms with Crippen LogP contribution in [0.4, 0.5) is 0 Å². The van der Waals surface area contributed by atoms with Crippen LogP contribution in [0.25, 0.3) is 0 Å². The fourth-order valence-electron chi connectivity index (χ4n) is 2.52. The van der Waals surface area contributed by atoms with Crippen molar-refractivity contribution >= 4 is 0 Å². The van der Waals surface area contributed by atoms with Gasteiger partial charge in [0.15, 0.2) is 0 Å². The van der Waals surface area contributed by atoms with E-state index in [1.54, 1.807) is 0 Å². The molecule has 0 amide bonds. The Morgan fingerprint density at radius 1 is 1.33 bits per heavy atom. The van der Waals surface area contributed by atoms with Gasteiger partial charge in [-0.25, -0.2) is 0 Å². The molecule has 0 N–H and O–H groups in total. The summed E-state index contributed by atoms with van der Waals surface area (Å²) >= 11 is 0. The minimum atomic E-state index is 0.711. The van der Waals surface area contributed by atoms with Crippen LogP contribution < -0.4 is 0 Å². The van der Waals surface area contributed by atoms with E-state index < -0.39 is 0 Å². The summed E-state index contributed by atoms with van der Waals surface area (Å²) in [6, 6.07) is 0. The van der Waals surface area contributed by atoms with Crippen molar-refractivity contribution in [3.05, 3.63) is 0 Å². The monoisotopic (exact) mass is 169 g/mol. The van der Waals surface area contributed by atoms with Crippen LogP contribution in [-0.2, 0) is 4.74 Å². The fourth-order valence-corrected chi connectivity index (χ4v) is 2.52. The Labute approximate surface area is 74.9 Å². The van der Waals surface area contributed by atoms with E-state index in [1.807, 2.05) is 0 Å². The van der Waals surface area contributed by atoms with Crippen molar-refractivity contribution in [1.82, 2.24) is 4.90 Å². The Hall–Kier alpha value is -0.0800. The molecule has 0 bridgehead atoms. The molecule has 1 atom stereocenters. The van der Waals surface area contributed by atoms with Gasteiger partial charge in [-0.2, -0.15) is 0 Å². The molecule has 0 aromatic heterocycles. The van der Waals surface area contributed by atoms with E-state index in [4.69, 9.17) is 4.74 Å². The van der Waals surface area contributed by atoms with Crippen molar-refractivity contribution in [1.29, 1.82) is 0 Å². The third kappa shape index (κ3) is 1.50. The molecule has 2 aliphatic rings. The molecule has 0 aromatic carbocycles. The molecule has 2 heteroatoms. The number of ether oxygens (including phenoxy) is 1. The van der Waals surface area contributed by atoms with Gasteiger partial charge in [-0.1, -0.05) is 0 Å².